The Hall–Kier alpha value is -1.03. The molecule has 6 nitrogen and oxygen atoms in total. The van der Waals surface area contributed by atoms with E-state index in [0.29, 0.717) is 5.56 Å². The van der Waals surface area contributed by atoms with Crippen LogP contribution < -0.4 is 10.5 Å². The molecule has 1 unspecified atom stereocenters. The first kappa shape index (κ1) is 17.0. The summed E-state index contributed by atoms with van der Waals surface area (Å²) in [7, 11) is -7.08. The maximum atomic E-state index is 12.1. The van der Waals surface area contributed by atoms with E-state index < -0.39 is 25.9 Å². The van der Waals surface area contributed by atoms with Crippen molar-refractivity contribution in [2.24, 2.45) is 5.73 Å². The Labute approximate surface area is 124 Å². The molecule has 9 heteroatoms. The van der Waals surface area contributed by atoms with Crippen LogP contribution in [0.15, 0.2) is 29.2 Å². The largest absolute Gasteiger partial charge is 0.389 e. The lowest BCUT2D eigenvalue weighted by Crippen LogP contribution is -2.37. The second-order valence-corrected chi connectivity index (χ2v) is 8.85. The van der Waals surface area contributed by atoms with E-state index in [2.05, 4.69) is 4.72 Å². The summed E-state index contributed by atoms with van der Waals surface area (Å²) >= 11 is 4.79. The summed E-state index contributed by atoms with van der Waals surface area (Å²) in [6.07, 6.45) is 1.05. The van der Waals surface area contributed by atoms with Crippen LogP contribution >= 0.6 is 12.2 Å². The van der Waals surface area contributed by atoms with Crippen LogP contribution in [0.5, 0.6) is 0 Å². The number of sulfone groups is 1. The number of sulfonamides is 1. The molecule has 1 aromatic carbocycles. The summed E-state index contributed by atoms with van der Waals surface area (Å²) in [4.78, 5) is 0.0781. The van der Waals surface area contributed by atoms with Crippen molar-refractivity contribution in [3.05, 3.63) is 29.8 Å². The maximum Gasteiger partial charge on any atom is 0.240 e. The SMILES string of the molecule is CC(CS(C)(=O)=O)NS(=O)(=O)c1cccc(C(N)=S)c1. The molecule has 0 saturated carbocycles. The van der Waals surface area contributed by atoms with Crippen LogP contribution in [0.2, 0.25) is 0 Å². The molecule has 20 heavy (non-hydrogen) atoms. The zero-order valence-corrected chi connectivity index (χ0v) is 13.5. The summed E-state index contributed by atoms with van der Waals surface area (Å²) in [6, 6.07) is 5.12. The number of nitrogens with one attached hydrogen (secondary N) is 1. The molecule has 1 atom stereocenters. The second-order valence-electron chi connectivity index (χ2n) is 4.51. The van der Waals surface area contributed by atoms with Gasteiger partial charge < -0.3 is 5.73 Å². The lowest BCUT2D eigenvalue weighted by atomic mass is 10.2. The summed E-state index contributed by atoms with van der Waals surface area (Å²) < 4.78 is 48.8. The van der Waals surface area contributed by atoms with Gasteiger partial charge in [0.25, 0.3) is 0 Å². The van der Waals surface area contributed by atoms with Crippen molar-refractivity contribution in [3.8, 4) is 0 Å². The van der Waals surface area contributed by atoms with Gasteiger partial charge in [-0.15, -0.1) is 0 Å². The third-order valence-electron chi connectivity index (χ3n) is 2.34. The monoisotopic (exact) mass is 336 g/mol. The quantitative estimate of drug-likeness (QED) is 0.710. The molecule has 0 amide bonds. The maximum absolute atomic E-state index is 12.1. The fourth-order valence-electron chi connectivity index (χ4n) is 1.64. The fourth-order valence-corrected chi connectivity index (χ4v) is 4.15. The van der Waals surface area contributed by atoms with Crippen LogP contribution in [0, 0.1) is 0 Å². The standard InChI is InChI=1S/C11H16N2O4S3/c1-8(7-19(2,14)15)13-20(16,17)10-5-3-4-9(6-10)11(12)18/h3-6,8,13H,7H2,1-2H3,(H2,12,18). The first-order valence-corrected chi connectivity index (χ1v) is 9.56. The van der Waals surface area contributed by atoms with Gasteiger partial charge in [0.1, 0.15) is 14.8 Å². The van der Waals surface area contributed by atoms with E-state index in [1.54, 1.807) is 6.07 Å². The Morgan fingerprint density at radius 2 is 1.95 bits per heavy atom. The molecule has 0 aromatic heterocycles. The summed E-state index contributed by atoms with van der Waals surface area (Å²) in [5.41, 5.74) is 5.88. The highest BCUT2D eigenvalue weighted by Crippen LogP contribution is 2.12. The summed E-state index contributed by atoms with van der Waals surface area (Å²) in [6.45, 7) is 1.48. The van der Waals surface area contributed by atoms with Crippen LogP contribution in [0.1, 0.15) is 12.5 Å². The van der Waals surface area contributed by atoms with E-state index in [4.69, 9.17) is 18.0 Å². The number of hydrogen-bond acceptors (Lipinski definition) is 5. The van der Waals surface area contributed by atoms with Gasteiger partial charge in [-0.25, -0.2) is 21.6 Å². The van der Waals surface area contributed by atoms with E-state index in [1.165, 1.54) is 25.1 Å². The van der Waals surface area contributed by atoms with Crippen molar-refractivity contribution in [1.29, 1.82) is 0 Å². The van der Waals surface area contributed by atoms with Gasteiger partial charge in [-0.3, -0.25) is 0 Å². The zero-order valence-electron chi connectivity index (χ0n) is 11.0. The van der Waals surface area contributed by atoms with E-state index in [9.17, 15) is 16.8 Å². The van der Waals surface area contributed by atoms with Gasteiger partial charge in [-0.2, -0.15) is 0 Å². The molecule has 0 aliphatic rings. The molecule has 0 aliphatic carbocycles. The van der Waals surface area contributed by atoms with Gasteiger partial charge in [0, 0.05) is 17.9 Å². The van der Waals surface area contributed by atoms with Crippen molar-refractivity contribution in [3.63, 3.8) is 0 Å². The van der Waals surface area contributed by atoms with Gasteiger partial charge in [-0.1, -0.05) is 24.4 Å². The minimum absolute atomic E-state index is 0.0110. The molecule has 0 radical (unpaired) electrons. The Morgan fingerprint density at radius 1 is 1.35 bits per heavy atom. The highest BCUT2D eigenvalue weighted by atomic mass is 32.2. The molecule has 1 aromatic rings. The van der Waals surface area contributed by atoms with Crippen LogP contribution in [0.25, 0.3) is 0 Å². The second kappa shape index (κ2) is 6.17. The Balaban J connectivity index is 3.00. The van der Waals surface area contributed by atoms with Crippen molar-refractivity contribution in [2.45, 2.75) is 17.9 Å². The molecule has 112 valence electrons. The van der Waals surface area contributed by atoms with Crippen LogP contribution in [-0.2, 0) is 19.9 Å². The Morgan fingerprint density at radius 3 is 2.45 bits per heavy atom. The van der Waals surface area contributed by atoms with Gasteiger partial charge in [0.15, 0.2) is 0 Å². The predicted molar refractivity (Wildman–Crippen MR) is 81.8 cm³/mol. The smallest absolute Gasteiger partial charge is 0.240 e. The third-order valence-corrected chi connectivity index (χ3v) is 5.27. The van der Waals surface area contributed by atoms with Crippen molar-refractivity contribution in [2.75, 3.05) is 12.0 Å². The highest BCUT2D eigenvalue weighted by Gasteiger charge is 2.20. The molecule has 0 heterocycles. The van der Waals surface area contributed by atoms with Crippen LogP contribution in [0.4, 0.5) is 0 Å². The van der Waals surface area contributed by atoms with E-state index in [0.717, 1.165) is 6.26 Å². The number of rotatable bonds is 6. The topological polar surface area (TPSA) is 106 Å². The first-order chi connectivity index (χ1) is 9.01. The van der Waals surface area contributed by atoms with Gasteiger partial charge >= 0.3 is 0 Å². The number of hydrogen-bond donors (Lipinski definition) is 2. The zero-order chi connectivity index (χ0) is 15.6. The van der Waals surface area contributed by atoms with Crippen LogP contribution in [0.3, 0.4) is 0 Å². The molecule has 0 aliphatic heterocycles. The minimum Gasteiger partial charge on any atom is -0.389 e. The molecular weight excluding hydrogens is 320 g/mol. The van der Waals surface area contributed by atoms with Gasteiger partial charge in [0.2, 0.25) is 10.0 Å². The Bertz CT molecular complexity index is 711. The van der Waals surface area contributed by atoms with Crippen LogP contribution in [-0.4, -0.2) is 39.9 Å². The Kier molecular flexibility index (Phi) is 5.25. The molecule has 0 saturated heterocycles. The predicted octanol–water partition coefficient (Wildman–Crippen LogP) is 0.0322. The third kappa shape index (κ3) is 5.16. The minimum atomic E-state index is -3.82. The summed E-state index contributed by atoms with van der Waals surface area (Å²) in [5, 5.41) is 0. The first-order valence-electron chi connectivity index (χ1n) is 5.61. The molecule has 0 bridgehead atoms. The average molecular weight is 336 g/mol. The van der Waals surface area contributed by atoms with Crippen molar-refractivity contribution >= 4 is 37.1 Å². The highest BCUT2D eigenvalue weighted by molar-refractivity contribution is 7.91. The van der Waals surface area contributed by atoms with E-state index >= 15 is 0 Å². The molecule has 0 spiro atoms. The number of nitrogens with two attached hydrogens (primary N) is 1. The van der Waals surface area contributed by atoms with Crippen molar-refractivity contribution in [1.82, 2.24) is 4.72 Å². The van der Waals surface area contributed by atoms with Gasteiger partial charge in [-0.05, 0) is 19.1 Å². The fraction of sp³-hybridized carbons (Fsp3) is 0.364. The van der Waals surface area contributed by atoms with Gasteiger partial charge in [0.05, 0.1) is 10.6 Å². The average Bonchev–Trinajstić information content (AvgIpc) is 2.25. The normalized spacial score (nSPS) is 13.9. The van der Waals surface area contributed by atoms with E-state index in [1.807, 2.05) is 0 Å². The van der Waals surface area contributed by atoms with E-state index in [-0.39, 0.29) is 15.6 Å². The lowest BCUT2D eigenvalue weighted by Gasteiger charge is -2.13. The molecule has 0 fully saturated rings. The molecule has 3 N–H and O–H groups in total. The number of thiocarbonyl (C=S) groups is 1. The lowest BCUT2D eigenvalue weighted by molar-refractivity contribution is 0.564. The molecule has 1 rings (SSSR count). The van der Waals surface area contributed by atoms with Crippen molar-refractivity contribution < 1.29 is 16.8 Å². The summed E-state index contributed by atoms with van der Waals surface area (Å²) in [5.74, 6) is -0.277. The molecular formula is C11H16N2O4S3. The number of benzene rings is 1.